The first-order valence-corrected chi connectivity index (χ1v) is 11.3. The molecular formula is C24H26N4O2S. The predicted octanol–water partition coefficient (Wildman–Crippen LogP) is 4.61. The summed E-state index contributed by atoms with van der Waals surface area (Å²) in [6, 6.07) is 6.01. The minimum absolute atomic E-state index is 0.0226. The lowest BCUT2D eigenvalue weighted by atomic mass is 9.72. The Morgan fingerprint density at radius 3 is 2.81 bits per heavy atom. The first-order valence-electron chi connectivity index (χ1n) is 10.3. The van der Waals surface area contributed by atoms with Crippen molar-refractivity contribution in [2.24, 2.45) is 10.2 Å². The summed E-state index contributed by atoms with van der Waals surface area (Å²) in [5.41, 5.74) is 2.94. The molecule has 0 radical (unpaired) electrons. The van der Waals surface area contributed by atoms with Gasteiger partial charge in [-0.1, -0.05) is 37.6 Å². The van der Waals surface area contributed by atoms with E-state index in [1.54, 1.807) is 10.6 Å². The number of benzene rings is 1. The van der Waals surface area contributed by atoms with Crippen LogP contribution < -0.4 is 10.3 Å². The van der Waals surface area contributed by atoms with Crippen molar-refractivity contribution in [1.29, 1.82) is 0 Å². The van der Waals surface area contributed by atoms with E-state index in [1.807, 2.05) is 19.1 Å². The second-order valence-electron chi connectivity index (χ2n) is 8.71. The number of hydrogen-bond donors (Lipinski definition) is 0. The summed E-state index contributed by atoms with van der Waals surface area (Å²) in [5.74, 6) is 3.87. The van der Waals surface area contributed by atoms with E-state index in [1.165, 1.54) is 11.8 Å². The van der Waals surface area contributed by atoms with Crippen LogP contribution in [0.3, 0.4) is 0 Å². The molecule has 6 nitrogen and oxygen atoms in total. The van der Waals surface area contributed by atoms with E-state index in [2.05, 4.69) is 42.6 Å². The van der Waals surface area contributed by atoms with Crippen molar-refractivity contribution in [3.63, 3.8) is 0 Å². The van der Waals surface area contributed by atoms with Gasteiger partial charge < -0.3 is 4.74 Å². The Bertz CT molecular complexity index is 1170. The van der Waals surface area contributed by atoms with E-state index in [0.29, 0.717) is 24.1 Å². The van der Waals surface area contributed by atoms with Crippen molar-refractivity contribution < 1.29 is 4.74 Å². The van der Waals surface area contributed by atoms with Crippen LogP contribution in [-0.2, 0) is 18.4 Å². The van der Waals surface area contributed by atoms with E-state index < -0.39 is 0 Å². The highest BCUT2D eigenvalue weighted by Gasteiger charge is 2.37. The van der Waals surface area contributed by atoms with Gasteiger partial charge in [0.1, 0.15) is 5.75 Å². The number of nitrogens with zero attached hydrogens (tertiary/aromatic N) is 4. The van der Waals surface area contributed by atoms with Crippen molar-refractivity contribution in [3.05, 3.63) is 52.3 Å². The summed E-state index contributed by atoms with van der Waals surface area (Å²) >= 11 is 1.40. The molecule has 4 rings (SSSR count). The van der Waals surface area contributed by atoms with E-state index in [0.717, 1.165) is 41.0 Å². The van der Waals surface area contributed by atoms with E-state index >= 15 is 0 Å². The molecule has 160 valence electrons. The van der Waals surface area contributed by atoms with Crippen LogP contribution in [0.2, 0.25) is 0 Å². The van der Waals surface area contributed by atoms with Gasteiger partial charge in [-0.25, -0.2) is 4.98 Å². The molecule has 0 bridgehead atoms. The fourth-order valence-corrected chi connectivity index (χ4v) is 4.68. The first kappa shape index (κ1) is 21.4. The van der Waals surface area contributed by atoms with Crippen molar-refractivity contribution in [2.45, 2.75) is 56.4 Å². The van der Waals surface area contributed by atoms with Crippen molar-refractivity contribution in [3.8, 4) is 29.4 Å². The maximum Gasteiger partial charge on any atom is 0.258 e. The molecule has 1 aromatic carbocycles. The number of terminal acetylenes is 1. The van der Waals surface area contributed by atoms with Gasteiger partial charge in [0.25, 0.3) is 5.56 Å². The van der Waals surface area contributed by atoms with Crippen LogP contribution in [-0.4, -0.2) is 27.6 Å². The highest BCUT2D eigenvalue weighted by Crippen LogP contribution is 2.42. The Morgan fingerprint density at radius 1 is 1.35 bits per heavy atom. The Hall–Kier alpha value is -2.85. The van der Waals surface area contributed by atoms with E-state index in [4.69, 9.17) is 16.1 Å². The maximum atomic E-state index is 13.5. The number of fused-ring (bicyclic) bond motifs is 3. The van der Waals surface area contributed by atoms with Crippen LogP contribution in [0.5, 0.6) is 5.75 Å². The van der Waals surface area contributed by atoms with Crippen LogP contribution in [0.25, 0.3) is 11.3 Å². The molecule has 0 saturated carbocycles. The molecule has 2 heterocycles. The molecule has 1 aromatic heterocycles. The van der Waals surface area contributed by atoms with Gasteiger partial charge in [-0.15, -0.1) is 13.0 Å². The molecule has 1 aliphatic heterocycles. The average Bonchev–Trinajstić information content (AvgIpc) is 3.44. The second kappa shape index (κ2) is 8.01. The number of ether oxygens (including phenoxy) is 1. The Balaban J connectivity index is 1.74. The Morgan fingerprint density at radius 2 is 2.13 bits per heavy atom. The SMILES string of the molecule is C#CCSc1nc2c(c(=O)n1CC=C)C(C)(C)Cc1cc(OCCC3(C)N=N3)ccc1-2. The highest BCUT2D eigenvalue weighted by atomic mass is 32.2. The Kier molecular flexibility index (Phi) is 5.52. The van der Waals surface area contributed by atoms with Crippen LogP contribution in [0, 0.1) is 12.3 Å². The maximum absolute atomic E-state index is 13.5. The lowest BCUT2D eigenvalue weighted by Crippen LogP contribution is -2.38. The van der Waals surface area contributed by atoms with Gasteiger partial charge in [0.2, 0.25) is 0 Å². The largest absolute Gasteiger partial charge is 0.493 e. The number of allylic oxidation sites excluding steroid dienone is 1. The molecule has 0 atom stereocenters. The van der Waals surface area contributed by atoms with Crippen LogP contribution in [0.1, 0.15) is 38.3 Å². The fraction of sp³-hybridized carbons (Fsp3) is 0.417. The van der Waals surface area contributed by atoms with Gasteiger partial charge in [0.05, 0.1) is 18.1 Å². The van der Waals surface area contributed by atoms with Gasteiger partial charge in [-0.3, -0.25) is 9.36 Å². The zero-order chi connectivity index (χ0) is 22.2. The van der Waals surface area contributed by atoms with Crippen LogP contribution in [0.4, 0.5) is 0 Å². The average molecular weight is 435 g/mol. The van der Waals surface area contributed by atoms with Gasteiger partial charge in [0, 0.05) is 29.5 Å². The lowest BCUT2D eigenvalue weighted by Gasteiger charge is -2.33. The second-order valence-corrected chi connectivity index (χ2v) is 9.65. The topological polar surface area (TPSA) is 68.8 Å². The Labute approximate surface area is 186 Å². The zero-order valence-corrected chi connectivity index (χ0v) is 19.0. The highest BCUT2D eigenvalue weighted by molar-refractivity contribution is 7.99. The molecule has 1 aliphatic carbocycles. The smallest absolute Gasteiger partial charge is 0.258 e. The third-order valence-corrected chi connectivity index (χ3v) is 6.54. The molecule has 2 aliphatic rings. The molecule has 0 fully saturated rings. The van der Waals surface area contributed by atoms with E-state index in [9.17, 15) is 4.79 Å². The number of aromatic nitrogens is 2. The number of rotatable bonds is 8. The fourth-order valence-electron chi connectivity index (χ4n) is 4.00. The summed E-state index contributed by atoms with van der Waals surface area (Å²) in [4.78, 5) is 18.4. The molecule has 0 unspecified atom stereocenters. The summed E-state index contributed by atoms with van der Waals surface area (Å²) < 4.78 is 7.63. The molecule has 0 spiro atoms. The van der Waals surface area contributed by atoms with Crippen molar-refractivity contribution >= 4 is 11.8 Å². The molecule has 0 amide bonds. The summed E-state index contributed by atoms with van der Waals surface area (Å²) in [5, 5.41) is 8.67. The molecule has 0 saturated heterocycles. The van der Waals surface area contributed by atoms with Crippen molar-refractivity contribution in [2.75, 3.05) is 12.4 Å². The van der Waals surface area contributed by atoms with Gasteiger partial charge in [-0.2, -0.15) is 10.2 Å². The summed E-state index contributed by atoms with van der Waals surface area (Å²) in [6.07, 6.45) is 8.66. The normalized spacial score (nSPS) is 16.7. The summed E-state index contributed by atoms with van der Waals surface area (Å²) in [6.45, 7) is 10.9. The van der Waals surface area contributed by atoms with E-state index in [-0.39, 0.29) is 16.6 Å². The van der Waals surface area contributed by atoms with Gasteiger partial charge in [-0.05, 0) is 37.1 Å². The van der Waals surface area contributed by atoms with Gasteiger partial charge in [0.15, 0.2) is 10.8 Å². The molecule has 7 heteroatoms. The first-order chi connectivity index (χ1) is 14.8. The minimum atomic E-state index is -0.359. The molecule has 0 N–H and O–H groups in total. The van der Waals surface area contributed by atoms with Crippen LogP contribution >= 0.6 is 11.8 Å². The zero-order valence-electron chi connectivity index (χ0n) is 18.1. The summed E-state index contributed by atoms with van der Waals surface area (Å²) in [7, 11) is 0. The molecular weight excluding hydrogens is 408 g/mol. The van der Waals surface area contributed by atoms with Crippen molar-refractivity contribution in [1.82, 2.24) is 9.55 Å². The quantitative estimate of drug-likeness (QED) is 0.263. The standard InChI is InChI=1S/C24H26N4O2S/c1-6-11-28-21(29)19-20(25-22(28)31-13-7-2)18-9-8-17(14-16(18)15-23(19,3)4)30-12-10-24(5)26-27-24/h2,6,8-9,14H,1,10-13,15H2,3-5H3. The number of hydrogen-bond acceptors (Lipinski definition) is 6. The number of thioether (sulfide) groups is 1. The molecule has 2 aromatic rings. The monoisotopic (exact) mass is 434 g/mol. The third-order valence-electron chi connectivity index (χ3n) is 5.66. The molecule has 31 heavy (non-hydrogen) atoms. The van der Waals surface area contributed by atoms with Crippen LogP contribution in [0.15, 0.2) is 51.0 Å². The minimum Gasteiger partial charge on any atom is -0.493 e. The van der Waals surface area contributed by atoms with Gasteiger partial charge >= 0.3 is 0 Å². The predicted molar refractivity (Wildman–Crippen MR) is 124 cm³/mol. The third kappa shape index (κ3) is 4.17. The lowest BCUT2D eigenvalue weighted by molar-refractivity contribution is 0.292.